The lowest BCUT2D eigenvalue weighted by atomic mass is 9.86. The maximum atomic E-state index is 10.4. The van der Waals surface area contributed by atoms with Gasteiger partial charge in [-0.3, -0.25) is 0 Å². The van der Waals surface area contributed by atoms with Crippen LogP contribution in [0.4, 0.5) is 0 Å². The van der Waals surface area contributed by atoms with Gasteiger partial charge >= 0.3 is 0 Å². The first-order valence-corrected chi connectivity index (χ1v) is 6.82. The Hall–Kier alpha value is -1.06. The number of hydrogen-bond acceptors (Lipinski definition) is 3. The largest absolute Gasteiger partial charge is 0.493 e. The number of ether oxygens (including phenoxy) is 2. The number of benzene rings is 1. The third-order valence-electron chi connectivity index (χ3n) is 4.12. The van der Waals surface area contributed by atoms with Crippen LogP contribution in [0.3, 0.4) is 0 Å². The third kappa shape index (κ3) is 2.38. The monoisotopic (exact) mass is 248 g/mol. The lowest BCUT2D eigenvalue weighted by Crippen LogP contribution is -2.26. The minimum atomic E-state index is -0.295. The van der Waals surface area contributed by atoms with E-state index in [1.165, 1.54) is 0 Å². The van der Waals surface area contributed by atoms with Crippen LogP contribution in [-0.2, 0) is 4.74 Å². The summed E-state index contributed by atoms with van der Waals surface area (Å²) in [7, 11) is 0. The summed E-state index contributed by atoms with van der Waals surface area (Å²) in [4.78, 5) is 0. The van der Waals surface area contributed by atoms with Crippen LogP contribution >= 0.6 is 0 Å². The van der Waals surface area contributed by atoms with E-state index in [-0.39, 0.29) is 12.0 Å². The van der Waals surface area contributed by atoms with E-state index in [1.54, 1.807) is 0 Å². The lowest BCUT2D eigenvalue weighted by Gasteiger charge is -2.26. The zero-order chi connectivity index (χ0) is 12.4. The molecule has 2 heterocycles. The molecule has 2 aliphatic heterocycles. The van der Waals surface area contributed by atoms with Crippen molar-refractivity contribution in [3.63, 3.8) is 0 Å². The van der Waals surface area contributed by atoms with Crippen LogP contribution in [0.15, 0.2) is 24.3 Å². The van der Waals surface area contributed by atoms with Crippen LogP contribution in [0.5, 0.6) is 5.75 Å². The summed E-state index contributed by atoms with van der Waals surface area (Å²) in [5.74, 6) is 1.68. The molecule has 0 radical (unpaired) electrons. The second-order valence-electron chi connectivity index (χ2n) is 5.31. The minimum Gasteiger partial charge on any atom is -0.493 e. The molecule has 0 bridgehead atoms. The SMILES string of the molecule is OC(CC1CCOCC1)C1COc2ccccc21. The van der Waals surface area contributed by atoms with Gasteiger partial charge in [-0.1, -0.05) is 18.2 Å². The average Bonchev–Trinajstić information content (AvgIpc) is 2.84. The molecule has 3 nitrogen and oxygen atoms in total. The van der Waals surface area contributed by atoms with Crippen molar-refractivity contribution in [3.8, 4) is 5.75 Å². The van der Waals surface area contributed by atoms with Gasteiger partial charge in [-0.2, -0.15) is 0 Å². The fourth-order valence-electron chi connectivity index (χ4n) is 2.99. The van der Waals surface area contributed by atoms with Crippen molar-refractivity contribution in [2.75, 3.05) is 19.8 Å². The first-order chi connectivity index (χ1) is 8.84. The number of para-hydroxylation sites is 1. The highest BCUT2D eigenvalue weighted by atomic mass is 16.5. The smallest absolute Gasteiger partial charge is 0.123 e. The van der Waals surface area contributed by atoms with Gasteiger partial charge in [-0.15, -0.1) is 0 Å². The Bertz CT molecular complexity index is 398. The van der Waals surface area contributed by atoms with Gasteiger partial charge in [-0.25, -0.2) is 0 Å². The molecule has 1 saturated heterocycles. The summed E-state index contributed by atoms with van der Waals surface area (Å²) >= 11 is 0. The fourth-order valence-corrected chi connectivity index (χ4v) is 2.99. The zero-order valence-corrected chi connectivity index (χ0v) is 10.5. The van der Waals surface area contributed by atoms with Crippen molar-refractivity contribution in [1.29, 1.82) is 0 Å². The van der Waals surface area contributed by atoms with Crippen LogP contribution in [0.2, 0.25) is 0 Å². The number of rotatable bonds is 3. The maximum Gasteiger partial charge on any atom is 0.123 e. The molecule has 0 aromatic heterocycles. The second-order valence-corrected chi connectivity index (χ2v) is 5.31. The van der Waals surface area contributed by atoms with Crippen LogP contribution in [-0.4, -0.2) is 31.0 Å². The summed E-state index contributed by atoms with van der Waals surface area (Å²) in [5, 5.41) is 10.4. The summed E-state index contributed by atoms with van der Waals surface area (Å²) in [6, 6.07) is 8.05. The molecule has 98 valence electrons. The molecule has 3 rings (SSSR count). The van der Waals surface area contributed by atoms with Gasteiger partial charge in [0.15, 0.2) is 0 Å². The van der Waals surface area contributed by atoms with Crippen LogP contribution in [0.25, 0.3) is 0 Å². The Morgan fingerprint density at radius 2 is 2.00 bits per heavy atom. The molecule has 0 spiro atoms. The van der Waals surface area contributed by atoms with E-state index in [9.17, 15) is 5.11 Å². The topological polar surface area (TPSA) is 38.7 Å². The molecule has 1 fully saturated rings. The van der Waals surface area contributed by atoms with Gasteiger partial charge in [0.2, 0.25) is 0 Å². The number of fused-ring (bicyclic) bond motifs is 1. The van der Waals surface area contributed by atoms with E-state index < -0.39 is 0 Å². The van der Waals surface area contributed by atoms with E-state index in [4.69, 9.17) is 9.47 Å². The summed E-state index contributed by atoms with van der Waals surface area (Å²) in [5.41, 5.74) is 1.16. The highest BCUT2D eigenvalue weighted by Gasteiger charge is 2.31. The Kier molecular flexibility index (Phi) is 3.52. The van der Waals surface area contributed by atoms with E-state index in [1.807, 2.05) is 18.2 Å². The molecular weight excluding hydrogens is 228 g/mol. The average molecular weight is 248 g/mol. The normalized spacial score (nSPS) is 25.5. The predicted octanol–water partition coefficient (Wildman–Crippen LogP) is 2.34. The van der Waals surface area contributed by atoms with Crippen molar-refractivity contribution in [2.45, 2.75) is 31.3 Å². The molecule has 0 amide bonds. The molecule has 3 heteroatoms. The van der Waals surface area contributed by atoms with E-state index in [0.29, 0.717) is 12.5 Å². The molecular formula is C15H20O3. The van der Waals surface area contributed by atoms with Crippen LogP contribution in [0, 0.1) is 5.92 Å². The van der Waals surface area contributed by atoms with Crippen molar-refractivity contribution in [3.05, 3.63) is 29.8 Å². The number of hydrogen-bond donors (Lipinski definition) is 1. The molecule has 0 aliphatic carbocycles. The van der Waals surface area contributed by atoms with E-state index in [2.05, 4.69) is 6.07 Å². The fraction of sp³-hybridized carbons (Fsp3) is 0.600. The minimum absolute atomic E-state index is 0.143. The molecule has 0 saturated carbocycles. The molecule has 18 heavy (non-hydrogen) atoms. The third-order valence-corrected chi connectivity index (χ3v) is 4.12. The van der Waals surface area contributed by atoms with E-state index >= 15 is 0 Å². The molecule has 1 N–H and O–H groups in total. The second kappa shape index (κ2) is 5.29. The van der Waals surface area contributed by atoms with Gasteiger partial charge in [0.25, 0.3) is 0 Å². The van der Waals surface area contributed by atoms with Gasteiger partial charge in [0, 0.05) is 24.7 Å². The van der Waals surface area contributed by atoms with Crippen molar-refractivity contribution < 1.29 is 14.6 Å². The van der Waals surface area contributed by atoms with E-state index in [0.717, 1.165) is 43.8 Å². The predicted molar refractivity (Wildman–Crippen MR) is 68.8 cm³/mol. The van der Waals surface area contributed by atoms with Crippen LogP contribution in [0.1, 0.15) is 30.7 Å². The summed E-state index contributed by atoms with van der Waals surface area (Å²) < 4.78 is 11.0. The van der Waals surface area contributed by atoms with Gasteiger partial charge in [-0.05, 0) is 31.2 Å². The number of aliphatic hydroxyl groups excluding tert-OH is 1. The first kappa shape index (κ1) is 12.0. The molecule has 2 atom stereocenters. The Morgan fingerprint density at radius 1 is 1.22 bits per heavy atom. The Balaban J connectivity index is 1.64. The molecule has 1 aromatic rings. The Morgan fingerprint density at radius 3 is 2.83 bits per heavy atom. The Labute approximate surface area is 108 Å². The first-order valence-electron chi connectivity index (χ1n) is 6.82. The van der Waals surface area contributed by atoms with Crippen molar-refractivity contribution >= 4 is 0 Å². The summed E-state index contributed by atoms with van der Waals surface area (Å²) in [6.07, 6.45) is 2.72. The van der Waals surface area contributed by atoms with Gasteiger partial charge in [0.1, 0.15) is 5.75 Å². The summed E-state index contributed by atoms with van der Waals surface area (Å²) in [6.45, 7) is 2.30. The van der Waals surface area contributed by atoms with Crippen molar-refractivity contribution in [1.82, 2.24) is 0 Å². The quantitative estimate of drug-likeness (QED) is 0.892. The standard InChI is InChI=1S/C15H20O3/c16-14(9-11-5-7-17-8-6-11)13-10-18-15-4-2-1-3-12(13)15/h1-4,11,13-14,16H,5-10H2. The zero-order valence-electron chi connectivity index (χ0n) is 10.5. The van der Waals surface area contributed by atoms with Gasteiger partial charge < -0.3 is 14.6 Å². The lowest BCUT2D eigenvalue weighted by molar-refractivity contribution is 0.0355. The highest BCUT2D eigenvalue weighted by Crippen LogP contribution is 2.37. The maximum absolute atomic E-state index is 10.4. The molecule has 2 unspecified atom stereocenters. The molecule has 2 aliphatic rings. The van der Waals surface area contributed by atoms with Crippen LogP contribution < -0.4 is 4.74 Å². The highest BCUT2D eigenvalue weighted by molar-refractivity contribution is 5.40. The van der Waals surface area contributed by atoms with Crippen molar-refractivity contribution in [2.24, 2.45) is 5.92 Å². The molecule has 1 aromatic carbocycles. The van der Waals surface area contributed by atoms with Gasteiger partial charge in [0.05, 0.1) is 12.7 Å². The number of aliphatic hydroxyl groups is 1.